The van der Waals surface area contributed by atoms with E-state index >= 15 is 0 Å². The largest absolute Gasteiger partial charge is 0.243 e. The minimum Gasteiger partial charge on any atom is -0.243 e. The zero-order valence-electron chi connectivity index (χ0n) is 9.29. The van der Waals surface area contributed by atoms with E-state index in [9.17, 15) is 0 Å². The molecule has 1 aliphatic rings. The number of hydrogen-bond acceptors (Lipinski definition) is 3. The lowest BCUT2D eigenvalue weighted by Crippen LogP contribution is -2.47. The van der Waals surface area contributed by atoms with Crippen molar-refractivity contribution >= 4 is 0 Å². The van der Waals surface area contributed by atoms with E-state index in [0.717, 1.165) is 19.5 Å². The van der Waals surface area contributed by atoms with Crippen LogP contribution in [0.25, 0.3) is 0 Å². The summed E-state index contributed by atoms with van der Waals surface area (Å²) in [6, 6.07) is 2.32. The Morgan fingerprint density at radius 2 is 1.93 bits per heavy atom. The lowest BCUT2D eigenvalue weighted by Gasteiger charge is -2.29. The van der Waals surface area contributed by atoms with E-state index in [1.165, 1.54) is 19.3 Å². The molecule has 0 amide bonds. The maximum Gasteiger partial charge on any atom is 0.108 e. The Bertz CT molecular complexity index is 189. The van der Waals surface area contributed by atoms with Crippen LogP contribution in [0.5, 0.6) is 0 Å². The van der Waals surface area contributed by atoms with Gasteiger partial charge in [0.05, 0.1) is 6.07 Å². The molecule has 0 aromatic carbocycles. The van der Waals surface area contributed by atoms with Crippen LogP contribution < -0.4 is 5.43 Å². The third kappa shape index (κ3) is 4.08. The first-order valence-electron chi connectivity index (χ1n) is 5.63. The molecule has 1 atom stereocenters. The van der Waals surface area contributed by atoms with Crippen LogP contribution in [-0.4, -0.2) is 24.1 Å². The summed E-state index contributed by atoms with van der Waals surface area (Å²) in [5, 5.41) is 11.2. The number of piperidine rings is 1. The number of hydrazine groups is 1. The Balaban J connectivity index is 2.28. The van der Waals surface area contributed by atoms with Gasteiger partial charge in [0.2, 0.25) is 0 Å². The topological polar surface area (TPSA) is 39.1 Å². The second kappa shape index (κ2) is 6.00. The predicted octanol–water partition coefficient (Wildman–Crippen LogP) is 1.92. The van der Waals surface area contributed by atoms with Crippen LogP contribution in [0.2, 0.25) is 0 Å². The first kappa shape index (κ1) is 11.5. The van der Waals surface area contributed by atoms with Gasteiger partial charge >= 0.3 is 0 Å². The molecular weight excluding hydrogens is 174 g/mol. The second-order valence-corrected chi connectivity index (χ2v) is 4.49. The van der Waals surface area contributed by atoms with Crippen LogP contribution >= 0.6 is 0 Å². The van der Waals surface area contributed by atoms with Gasteiger partial charge in [0.15, 0.2) is 0 Å². The molecular formula is C11H21N3. The molecule has 3 nitrogen and oxygen atoms in total. The molecule has 1 N–H and O–H groups in total. The summed E-state index contributed by atoms with van der Waals surface area (Å²) in [5.74, 6) is 0.581. The molecule has 3 heteroatoms. The average Bonchev–Trinajstić information content (AvgIpc) is 2.17. The van der Waals surface area contributed by atoms with Crippen molar-refractivity contribution < 1.29 is 0 Å². The smallest absolute Gasteiger partial charge is 0.108 e. The number of nitrogens with zero attached hydrogens (tertiary/aromatic N) is 2. The summed E-state index contributed by atoms with van der Waals surface area (Å²) < 4.78 is 0. The monoisotopic (exact) mass is 195 g/mol. The number of rotatable bonds is 4. The van der Waals surface area contributed by atoms with Crippen LogP contribution in [-0.2, 0) is 0 Å². The minimum absolute atomic E-state index is 0.00639. The summed E-state index contributed by atoms with van der Waals surface area (Å²) in [4.78, 5) is 0. The van der Waals surface area contributed by atoms with Gasteiger partial charge in [-0.15, -0.1) is 0 Å². The van der Waals surface area contributed by atoms with Crippen molar-refractivity contribution in [2.45, 2.75) is 45.6 Å². The summed E-state index contributed by atoms with van der Waals surface area (Å²) in [7, 11) is 0. The van der Waals surface area contributed by atoms with Gasteiger partial charge in [-0.25, -0.2) is 10.4 Å². The highest BCUT2D eigenvalue weighted by atomic mass is 15.5. The highest BCUT2D eigenvalue weighted by Crippen LogP contribution is 2.09. The highest BCUT2D eigenvalue weighted by Gasteiger charge is 2.15. The van der Waals surface area contributed by atoms with E-state index < -0.39 is 0 Å². The van der Waals surface area contributed by atoms with Crippen molar-refractivity contribution in [1.82, 2.24) is 10.4 Å². The molecule has 0 aromatic rings. The van der Waals surface area contributed by atoms with E-state index in [4.69, 9.17) is 5.26 Å². The fourth-order valence-electron chi connectivity index (χ4n) is 1.85. The first-order valence-corrected chi connectivity index (χ1v) is 5.63. The SMILES string of the molecule is CC(C)CC(C#N)NN1CCCCC1. The Morgan fingerprint density at radius 1 is 1.29 bits per heavy atom. The van der Waals surface area contributed by atoms with Crippen molar-refractivity contribution in [1.29, 1.82) is 5.26 Å². The fourth-order valence-corrected chi connectivity index (χ4v) is 1.85. The minimum atomic E-state index is -0.00639. The summed E-state index contributed by atoms with van der Waals surface area (Å²) in [5.41, 5.74) is 3.31. The van der Waals surface area contributed by atoms with Gasteiger partial charge in [-0.2, -0.15) is 5.26 Å². The molecule has 0 radical (unpaired) electrons. The Kier molecular flexibility index (Phi) is 4.92. The van der Waals surface area contributed by atoms with Crippen molar-refractivity contribution in [3.63, 3.8) is 0 Å². The van der Waals surface area contributed by atoms with E-state index in [1.807, 2.05) is 0 Å². The van der Waals surface area contributed by atoms with Gasteiger partial charge in [0, 0.05) is 13.1 Å². The first-order chi connectivity index (χ1) is 6.72. The van der Waals surface area contributed by atoms with E-state index in [-0.39, 0.29) is 6.04 Å². The van der Waals surface area contributed by atoms with Gasteiger partial charge < -0.3 is 0 Å². The van der Waals surface area contributed by atoms with Crippen molar-refractivity contribution in [3.8, 4) is 6.07 Å². The van der Waals surface area contributed by atoms with Crippen LogP contribution in [0, 0.1) is 17.2 Å². The molecule has 14 heavy (non-hydrogen) atoms. The molecule has 80 valence electrons. The Labute approximate surface area is 87.1 Å². The van der Waals surface area contributed by atoms with Crippen LogP contribution in [0.3, 0.4) is 0 Å². The van der Waals surface area contributed by atoms with Crippen molar-refractivity contribution in [2.75, 3.05) is 13.1 Å². The Hall–Kier alpha value is -0.590. The zero-order chi connectivity index (χ0) is 10.4. The molecule has 0 bridgehead atoms. The molecule has 1 fully saturated rings. The van der Waals surface area contributed by atoms with E-state index in [2.05, 4.69) is 30.4 Å². The maximum absolute atomic E-state index is 8.97. The normalized spacial score (nSPS) is 20.7. The average molecular weight is 195 g/mol. The van der Waals surface area contributed by atoms with Crippen LogP contribution in [0.4, 0.5) is 0 Å². The predicted molar refractivity (Wildman–Crippen MR) is 57.4 cm³/mol. The molecule has 0 aromatic heterocycles. The zero-order valence-corrected chi connectivity index (χ0v) is 9.29. The van der Waals surface area contributed by atoms with Gasteiger partial charge in [0.1, 0.15) is 6.04 Å². The molecule has 1 heterocycles. The second-order valence-electron chi connectivity index (χ2n) is 4.49. The van der Waals surface area contributed by atoms with Gasteiger partial charge in [-0.1, -0.05) is 20.3 Å². The molecule has 1 rings (SSSR count). The molecule has 0 spiro atoms. The highest BCUT2D eigenvalue weighted by molar-refractivity contribution is 4.89. The molecule has 1 saturated heterocycles. The number of nitrogens with one attached hydrogen (secondary N) is 1. The van der Waals surface area contributed by atoms with Gasteiger partial charge in [0.25, 0.3) is 0 Å². The summed E-state index contributed by atoms with van der Waals surface area (Å²) in [6.07, 6.45) is 4.78. The lowest BCUT2D eigenvalue weighted by atomic mass is 10.1. The van der Waals surface area contributed by atoms with Crippen molar-refractivity contribution in [3.05, 3.63) is 0 Å². The summed E-state index contributed by atoms with van der Waals surface area (Å²) in [6.45, 7) is 6.50. The fraction of sp³-hybridized carbons (Fsp3) is 0.909. The molecule has 1 aliphatic heterocycles. The standard InChI is InChI=1S/C11H21N3/c1-10(2)8-11(9-12)13-14-6-4-3-5-7-14/h10-11,13H,3-8H2,1-2H3. The molecule has 0 aliphatic carbocycles. The van der Waals surface area contributed by atoms with E-state index in [1.54, 1.807) is 0 Å². The number of hydrogen-bond donors (Lipinski definition) is 1. The number of nitriles is 1. The van der Waals surface area contributed by atoms with Crippen LogP contribution in [0.1, 0.15) is 39.5 Å². The quantitative estimate of drug-likeness (QED) is 0.745. The van der Waals surface area contributed by atoms with Crippen molar-refractivity contribution in [2.24, 2.45) is 5.92 Å². The summed E-state index contributed by atoms with van der Waals surface area (Å²) >= 11 is 0. The molecule has 0 saturated carbocycles. The van der Waals surface area contributed by atoms with E-state index in [0.29, 0.717) is 5.92 Å². The third-order valence-electron chi connectivity index (χ3n) is 2.56. The Morgan fingerprint density at radius 3 is 2.43 bits per heavy atom. The lowest BCUT2D eigenvalue weighted by molar-refractivity contribution is 0.135. The maximum atomic E-state index is 8.97. The molecule has 1 unspecified atom stereocenters. The third-order valence-corrected chi connectivity index (χ3v) is 2.56. The van der Waals surface area contributed by atoms with Gasteiger partial charge in [-0.3, -0.25) is 0 Å². The van der Waals surface area contributed by atoms with Crippen LogP contribution in [0.15, 0.2) is 0 Å². The van der Waals surface area contributed by atoms with Gasteiger partial charge in [-0.05, 0) is 25.2 Å².